The monoisotopic (exact) mass is 637 g/mol. The van der Waals surface area contributed by atoms with Gasteiger partial charge in [-0.15, -0.1) is 0 Å². The first-order valence-electron chi connectivity index (χ1n) is 15.7. The molecule has 0 spiro atoms. The molecule has 3 N–H and O–H groups in total. The fourth-order valence-corrected chi connectivity index (χ4v) is 7.96. The van der Waals surface area contributed by atoms with E-state index in [0.29, 0.717) is 60.1 Å². The SMILES string of the molecule is CC1(C)CC(=O)C2=C(C1)Nc1ccccc1N(C(=O)CN1CCC(C(N)=O)(N3CCCCC3)CC1)[C@H]2c1ccc(Cl)c(Cl)c1. The summed E-state index contributed by atoms with van der Waals surface area (Å²) in [6, 6.07) is 12.4. The lowest BCUT2D eigenvalue weighted by Gasteiger charge is -2.48. The number of Topliss-reactive ketones (excluding diaryl/α,β-unsaturated/α-hetero) is 1. The van der Waals surface area contributed by atoms with Crippen molar-refractivity contribution in [2.24, 2.45) is 11.1 Å². The molecule has 2 aromatic carbocycles. The lowest BCUT2D eigenvalue weighted by atomic mass is 9.73. The number of halogens is 2. The van der Waals surface area contributed by atoms with Gasteiger partial charge < -0.3 is 11.1 Å². The van der Waals surface area contributed by atoms with Gasteiger partial charge in [0, 0.05) is 30.8 Å². The highest BCUT2D eigenvalue weighted by molar-refractivity contribution is 6.42. The van der Waals surface area contributed by atoms with E-state index in [4.69, 9.17) is 28.9 Å². The van der Waals surface area contributed by atoms with Crippen molar-refractivity contribution in [1.82, 2.24) is 9.80 Å². The molecular formula is C34H41Cl2N5O3. The Morgan fingerprint density at radius 2 is 1.66 bits per heavy atom. The van der Waals surface area contributed by atoms with Crippen LogP contribution in [0.25, 0.3) is 0 Å². The van der Waals surface area contributed by atoms with Crippen molar-refractivity contribution in [3.63, 3.8) is 0 Å². The number of nitrogens with zero attached hydrogens (tertiary/aromatic N) is 3. The molecule has 0 unspecified atom stereocenters. The van der Waals surface area contributed by atoms with Crippen LogP contribution in [0, 0.1) is 5.41 Å². The summed E-state index contributed by atoms with van der Waals surface area (Å²) in [7, 11) is 0. The Kier molecular flexibility index (Phi) is 8.56. The number of nitrogens with one attached hydrogen (secondary N) is 1. The molecule has 0 bridgehead atoms. The molecule has 3 aliphatic heterocycles. The van der Waals surface area contributed by atoms with Crippen LogP contribution in [0.4, 0.5) is 11.4 Å². The van der Waals surface area contributed by atoms with Crippen molar-refractivity contribution in [3.8, 4) is 0 Å². The van der Waals surface area contributed by atoms with Crippen molar-refractivity contribution in [1.29, 1.82) is 0 Å². The molecule has 2 saturated heterocycles. The molecule has 8 nitrogen and oxygen atoms in total. The van der Waals surface area contributed by atoms with Gasteiger partial charge in [-0.1, -0.05) is 61.7 Å². The van der Waals surface area contributed by atoms with Gasteiger partial charge in [0.15, 0.2) is 5.78 Å². The predicted octanol–water partition coefficient (Wildman–Crippen LogP) is 5.94. The molecule has 0 radical (unpaired) electrons. The largest absolute Gasteiger partial charge is 0.368 e. The number of allylic oxidation sites excluding steroid dienone is 1. The zero-order chi connectivity index (χ0) is 31.2. The second-order valence-corrected chi connectivity index (χ2v) is 14.3. The maximum Gasteiger partial charge on any atom is 0.242 e. The first kappa shape index (κ1) is 31.1. The molecule has 0 saturated carbocycles. The number of fused-ring (bicyclic) bond motifs is 1. The second-order valence-electron chi connectivity index (χ2n) is 13.5. The molecular weight excluding hydrogens is 597 g/mol. The fraction of sp³-hybridized carbons (Fsp3) is 0.500. The van der Waals surface area contributed by atoms with Crippen molar-refractivity contribution in [3.05, 3.63) is 69.3 Å². The third-order valence-electron chi connectivity index (χ3n) is 9.89. The quantitative estimate of drug-likeness (QED) is 0.421. The number of para-hydroxylation sites is 2. The standard InChI is InChI=1S/C34H41Cl2N5O3/c1-33(2)19-26-30(28(42)20-33)31(22-10-11-23(35)24(36)18-22)41(27-9-5-4-8-25(27)38-26)29(43)21-39-16-12-34(13-17-39,32(37)44)40-14-6-3-7-15-40/h4-5,8-11,18,31,38H,3,6-7,12-17,19-21H2,1-2H3,(H2,37,44)/t31-/m0/s1. The van der Waals surface area contributed by atoms with Gasteiger partial charge in [0.05, 0.1) is 34.0 Å². The molecule has 2 aromatic rings. The van der Waals surface area contributed by atoms with E-state index in [1.165, 1.54) is 6.42 Å². The number of primary amides is 1. The number of rotatable bonds is 5. The van der Waals surface area contributed by atoms with Crippen LogP contribution in [0.3, 0.4) is 0 Å². The highest BCUT2D eigenvalue weighted by atomic mass is 35.5. The van der Waals surface area contributed by atoms with Crippen molar-refractivity contribution in [2.75, 3.05) is 42.9 Å². The topological polar surface area (TPSA) is 99.0 Å². The number of hydrogen-bond donors (Lipinski definition) is 2. The van der Waals surface area contributed by atoms with Gasteiger partial charge in [-0.05, 0) is 80.4 Å². The van der Waals surface area contributed by atoms with E-state index in [9.17, 15) is 14.4 Å². The number of ketones is 1. The first-order chi connectivity index (χ1) is 21.0. The van der Waals surface area contributed by atoms with E-state index in [1.54, 1.807) is 17.0 Å². The lowest BCUT2D eigenvalue weighted by molar-refractivity contribution is -0.135. The van der Waals surface area contributed by atoms with E-state index >= 15 is 0 Å². The Labute approximate surface area is 269 Å². The normalized spacial score (nSPS) is 23.8. The zero-order valence-electron chi connectivity index (χ0n) is 25.5. The summed E-state index contributed by atoms with van der Waals surface area (Å²) in [4.78, 5) is 47.5. The summed E-state index contributed by atoms with van der Waals surface area (Å²) in [6.07, 6.45) is 5.55. The molecule has 2 amide bonds. The molecule has 0 aromatic heterocycles. The van der Waals surface area contributed by atoms with Gasteiger partial charge in [0.2, 0.25) is 11.8 Å². The summed E-state index contributed by atoms with van der Waals surface area (Å²) < 4.78 is 0. The molecule has 10 heteroatoms. The summed E-state index contributed by atoms with van der Waals surface area (Å²) in [5.41, 5.74) is 8.75. The van der Waals surface area contributed by atoms with Crippen molar-refractivity contribution in [2.45, 2.75) is 70.4 Å². The molecule has 4 aliphatic rings. The minimum Gasteiger partial charge on any atom is -0.368 e. The molecule has 2 fully saturated rings. The number of piperidine rings is 2. The lowest BCUT2D eigenvalue weighted by Crippen LogP contribution is -2.63. The highest BCUT2D eigenvalue weighted by Crippen LogP contribution is 2.49. The minimum atomic E-state index is -0.685. The number of likely N-dealkylation sites (tertiary alicyclic amines) is 2. The summed E-state index contributed by atoms with van der Waals surface area (Å²) in [5.74, 6) is -0.391. The number of benzene rings is 2. The van der Waals surface area contributed by atoms with E-state index in [-0.39, 0.29) is 29.6 Å². The predicted molar refractivity (Wildman–Crippen MR) is 175 cm³/mol. The molecule has 1 atom stereocenters. The van der Waals surface area contributed by atoms with E-state index < -0.39 is 11.6 Å². The molecule has 44 heavy (non-hydrogen) atoms. The van der Waals surface area contributed by atoms with E-state index in [1.807, 2.05) is 30.3 Å². The van der Waals surface area contributed by atoms with Gasteiger partial charge in [-0.3, -0.25) is 29.1 Å². The number of hydrogen-bond acceptors (Lipinski definition) is 6. The molecule has 234 valence electrons. The van der Waals surface area contributed by atoms with Gasteiger partial charge in [0.25, 0.3) is 0 Å². The number of carbonyl (C=O) groups excluding carboxylic acids is 3. The zero-order valence-corrected chi connectivity index (χ0v) is 27.0. The Bertz CT molecular complexity index is 1510. The third-order valence-corrected chi connectivity index (χ3v) is 10.6. The molecule has 1 aliphatic carbocycles. The summed E-state index contributed by atoms with van der Waals surface area (Å²) >= 11 is 12.8. The van der Waals surface area contributed by atoms with E-state index in [2.05, 4.69) is 29.0 Å². The van der Waals surface area contributed by atoms with Crippen LogP contribution in [-0.2, 0) is 14.4 Å². The summed E-state index contributed by atoms with van der Waals surface area (Å²) in [5, 5.41) is 4.33. The fourth-order valence-electron chi connectivity index (χ4n) is 7.65. The average Bonchev–Trinajstić information content (AvgIpc) is 3.13. The average molecular weight is 639 g/mol. The summed E-state index contributed by atoms with van der Waals surface area (Å²) in [6.45, 7) is 7.26. The maximum absolute atomic E-state index is 14.6. The highest BCUT2D eigenvalue weighted by Gasteiger charge is 2.47. The third kappa shape index (κ3) is 5.78. The Morgan fingerprint density at radius 3 is 2.34 bits per heavy atom. The van der Waals surface area contributed by atoms with Gasteiger partial charge in [0.1, 0.15) is 5.54 Å². The first-order valence-corrected chi connectivity index (χ1v) is 16.4. The van der Waals surface area contributed by atoms with Crippen LogP contribution in [-0.4, -0.2) is 65.7 Å². The van der Waals surface area contributed by atoms with Gasteiger partial charge in [-0.2, -0.15) is 0 Å². The number of nitrogens with two attached hydrogens (primary N) is 1. The minimum absolute atomic E-state index is 0.0103. The van der Waals surface area contributed by atoms with Crippen molar-refractivity contribution < 1.29 is 14.4 Å². The van der Waals surface area contributed by atoms with Gasteiger partial charge >= 0.3 is 0 Å². The molecule has 3 heterocycles. The van der Waals surface area contributed by atoms with Crippen LogP contribution in [0.1, 0.15) is 70.4 Å². The van der Waals surface area contributed by atoms with E-state index in [0.717, 1.165) is 42.9 Å². The Hall–Kier alpha value is -2.91. The van der Waals surface area contributed by atoms with Crippen LogP contribution >= 0.6 is 23.2 Å². The second kappa shape index (κ2) is 12.1. The Morgan fingerprint density at radius 1 is 0.955 bits per heavy atom. The Balaban J connectivity index is 1.36. The smallest absolute Gasteiger partial charge is 0.242 e. The van der Waals surface area contributed by atoms with Crippen LogP contribution in [0.2, 0.25) is 10.0 Å². The van der Waals surface area contributed by atoms with Gasteiger partial charge in [-0.25, -0.2) is 0 Å². The van der Waals surface area contributed by atoms with Crippen LogP contribution < -0.4 is 16.0 Å². The number of anilines is 2. The van der Waals surface area contributed by atoms with Crippen molar-refractivity contribution >= 4 is 52.2 Å². The number of carbonyl (C=O) groups is 3. The number of amides is 2. The van der Waals surface area contributed by atoms with Crippen LogP contribution in [0.5, 0.6) is 0 Å². The van der Waals surface area contributed by atoms with Crippen LogP contribution in [0.15, 0.2) is 53.7 Å². The molecule has 6 rings (SSSR count). The maximum atomic E-state index is 14.6.